The van der Waals surface area contributed by atoms with Crippen LogP contribution in [-0.2, 0) is 14.6 Å². The zero-order valence-corrected chi connectivity index (χ0v) is 9.46. The van der Waals surface area contributed by atoms with Gasteiger partial charge >= 0.3 is 5.97 Å². The highest BCUT2D eigenvalue weighted by atomic mass is 32.2. The highest BCUT2D eigenvalue weighted by Crippen LogP contribution is 2.38. The number of aliphatic hydroxyl groups excluding tert-OH is 1. The monoisotopic (exact) mass is 236 g/mol. The molecule has 6 heteroatoms. The molecule has 1 aliphatic heterocycles. The first-order valence-corrected chi connectivity index (χ1v) is 6.68. The molecule has 0 aromatic rings. The summed E-state index contributed by atoms with van der Waals surface area (Å²) in [6.45, 7) is 1.60. The summed E-state index contributed by atoms with van der Waals surface area (Å²) in [5.41, 5.74) is -1.18. The number of carbonyl (C=O) groups is 1. The Morgan fingerprint density at radius 1 is 1.53 bits per heavy atom. The van der Waals surface area contributed by atoms with Crippen molar-refractivity contribution in [1.29, 1.82) is 0 Å². The van der Waals surface area contributed by atoms with Crippen molar-refractivity contribution in [2.75, 3.05) is 18.1 Å². The van der Waals surface area contributed by atoms with Gasteiger partial charge in [-0.3, -0.25) is 4.79 Å². The zero-order chi connectivity index (χ0) is 11.7. The molecule has 2 unspecified atom stereocenters. The lowest BCUT2D eigenvalue weighted by atomic mass is 9.79. The van der Waals surface area contributed by atoms with Gasteiger partial charge in [0.2, 0.25) is 0 Å². The van der Waals surface area contributed by atoms with Crippen molar-refractivity contribution >= 4 is 15.8 Å². The van der Waals surface area contributed by atoms with E-state index in [9.17, 15) is 13.2 Å². The molecule has 0 aromatic heterocycles. The van der Waals surface area contributed by atoms with Crippen molar-refractivity contribution in [2.45, 2.75) is 19.8 Å². The zero-order valence-electron chi connectivity index (χ0n) is 8.64. The lowest BCUT2D eigenvalue weighted by Crippen LogP contribution is -2.34. The highest BCUT2D eigenvalue weighted by molar-refractivity contribution is 7.91. The molecule has 0 spiro atoms. The summed E-state index contributed by atoms with van der Waals surface area (Å²) in [6.07, 6.45) is 0.382. The molecule has 88 valence electrons. The Morgan fingerprint density at radius 3 is 2.47 bits per heavy atom. The molecule has 0 amide bonds. The molecule has 2 N–H and O–H groups in total. The Labute approximate surface area is 89.0 Å². The normalized spacial score (nSPS) is 31.3. The SMILES string of the molecule is CC(CO)CC1(C(=O)O)CCS(=O)(=O)C1. The van der Waals surface area contributed by atoms with E-state index >= 15 is 0 Å². The summed E-state index contributed by atoms with van der Waals surface area (Å²) in [5.74, 6) is -1.60. The molecule has 0 bridgehead atoms. The molecule has 1 aliphatic rings. The maximum Gasteiger partial charge on any atom is 0.310 e. The number of hydrogen-bond donors (Lipinski definition) is 2. The van der Waals surface area contributed by atoms with E-state index < -0.39 is 21.2 Å². The molecule has 1 saturated heterocycles. The van der Waals surface area contributed by atoms with Gasteiger partial charge in [0.15, 0.2) is 9.84 Å². The molecular formula is C9H16O5S. The van der Waals surface area contributed by atoms with Crippen LogP contribution >= 0.6 is 0 Å². The van der Waals surface area contributed by atoms with Crippen molar-refractivity contribution in [3.63, 3.8) is 0 Å². The number of sulfone groups is 1. The van der Waals surface area contributed by atoms with Crippen LogP contribution in [0.2, 0.25) is 0 Å². The first-order chi connectivity index (χ1) is 6.81. The van der Waals surface area contributed by atoms with Gasteiger partial charge in [-0.15, -0.1) is 0 Å². The van der Waals surface area contributed by atoms with E-state index in [1.54, 1.807) is 6.92 Å². The van der Waals surface area contributed by atoms with E-state index in [2.05, 4.69) is 0 Å². The van der Waals surface area contributed by atoms with Gasteiger partial charge in [0, 0.05) is 6.61 Å². The van der Waals surface area contributed by atoms with Crippen LogP contribution < -0.4 is 0 Å². The Balaban J connectivity index is 2.88. The van der Waals surface area contributed by atoms with E-state index in [0.29, 0.717) is 0 Å². The number of rotatable bonds is 4. The quantitative estimate of drug-likeness (QED) is 0.711. The van der Waals surface area contributed by atoms with Gasteiger partial charge in [-0.2, -0.15) is 0 Å². The van der Waals surface area contributed by atoms with Crippen LogP contribution in [0.4, 0.5) is 0 Å². The third-order valence-corrected chi connectivity index (χ3v) is 4.71. The highest BCUT2D eigenvalue weighted by Gasteiger charge is 2.48. The molecule has 1 rings (SSSR count). The minimum atomic E-state index is -3.22. The summed E-state index contributed by atoms with van der Waals surface area (Å²) in [6, 6.07) is 0. The summed E-state index contributed by atoms with van der Waals surface area (Å²) >= 11 is 0. The molecule has 0 saturated carbocycles. The molecule has 15 heavy (non-hydrogen) atoms. The average molecular weight is 236 g/mol. The molecule has 1 fully saturated rings. The standard InChI is InChI=1S/C9H16O5S/c1-7(5-10)4-9(8(11)12)2-3-15(13,14)6-9/h7,10H,2-6H2,1H3,(H,11,12). The van der Waals surface area contributed by atoms with Gasteiger partial charge in [0.05, 0.1) is 16.9 Å². The van der Waals surface area contributed by atoms with E-state index in [1.165, 1.54) is 0 Å². The van der Waals surface area contributed by atoms with Crippen molar-refractivity contribution in [3.8, 4) is 0 Å². The van der Waals surface area contributed by atoms with Crippen molar-refractivity contribution in [2.24, 2.45) is 11.3 Å². The van der Waals surface area contributed by atoms with Crippen LogP contribution in [0.15, 0.2) is 0 Å². The molecule has 0 aromatic carbocycles. The minimum absolute atomic E-state index is 0.0581. The number of aliphatic carboxylic acids is 1. The molecule has 1 heterocycles. The molecular weight excluding hydrogens is 220 g/mol. The first-order valence-electron chi connectivity index (χ1n) is 4.86. The Morgan fingerprint density at radius 2 is 2.13 bits per heavy atom. The van der Waals surface area contributed by atoms with E-state index in [0.717, 1.165) is 0 Å². The van der Waals surface area contributed by atoms with Crippen LogP contribution in [0.5, 0.6) is 0 Å². The van der Waals surface area contributed by atoms with E-state index in [-0.39, 0.29) is 36.9 Å². The fourth-order valence-corrected chi connectivity index (χ4v) is 4.14. The van der Waals surface area contributed by atoms with Gasteiger partial charge in [-0.1, -0.05) is 6.92 Å². The van der Waals surface area contributed by atoms with Gasteiger partial charge in [0.25, 0.3) is 0 Å². The second-order valence-corrected chi connectivity index (χ2v) is 6.60. The van der Waals surface area contributed by atoms with E-state index in [1.807, 2.05) is 0 Å². The van der Waals surface area contributed by atoms with Gasteiger partial charge < -0.3 is 10.2 Å². The second kappa shape index (κ2) is 4.09. The summed E-state index contributed by atoms with van der Waals surface area (Å²) in [5, 5.41) is 18.0. The Hall–Kier alpha value is -0.620. The maximum atomic E-state index is 11.3. The fraction of sp³-hybridized carbons (Fsp3) is 0.889. The van der Waals surface area contributed by atoms with Crippen LogP contribution in [-0.4, -0.2) is 42.7 Å². The lowest BCUT2D eigenvalue weighted by Gasteiger charge is -2.24. The average Bonchev–Trinajstić information content (AvgIpc) is 2.43. The Bertz CT molecular complexity index is 348. The maximum absolute atomic E-state index is 11.3. The van der Waals surface area contributed by atoms with Crippen LogP contribution in [0, 0.1) is 11.3 Å². The van der Waals surface area contributed by atoms with Gasteiger partial charge in [-0.05, 0) is 18.8 Å². The molecule has 0 aliphatic carbocycles. The lowest BCUT2D eigenvalue weighted by molar-refractivity contribution is -0.148. The smallest absolute Gasteiger partial charge is 0.310 e. The molecule has 0 radical (unpaired) electrons. The predicted octanol–water partition coefficient (Wildman–Crippen LogP) is -0.106. The number of carboxylic acids is 1. The summed E-state index contributed by atoms with van der Waals surface area (Å²) in [4.78, 5) is 11.1. The summed E-state index contributed by atoms with van der Waals surface area (Å²) < 4.78 is 22.6. The largest absolute Gasteiger partial charge is 0.481 e. The minimum Gasteiger partial charge on any atom is -0.481 e. The first kappa shape index (κ1) is 12.4. The van der Waals surface area contributed by atoms with Crippen LogP contribution in [0.25, 0.3) is 0 Å². The third-order valence-electron chi connectivity index (χ3n) is 2.89. The molecule has 5 nitrogen and oxygen atoms in total. The van der Waals surface area contributed by atoms with Crippen LogP contribution in [0.3, 0.4) is 0 Å². The topological polar surface area (TPSA) is 91.7 Å². The number of aliphatic hydroxyl groups is 1. The van der Waals surface area contributed by atoms with Gasteiger partial charge in [0.1, 0.15) is 0 Å². The molecule has 2 atom stereocenters. The van der Waals surface area contributed by atoms with Crippen LogP contribution in [0.1, 0.15) is 19.8 Å². The number of carboxylic acid groups (broad SMARTS) is 1. The van der Waals surface area contributed by atoms with Gasteiger partial charge in [-0.25, -0.2) is 8.42 Å². The predicted molar refractivity (Wildman–Crippen MR) is 54.2 cm³/mol. The fourth-order valence-electron chi connectivity index (χ4n) is 2.06. The van der Waals surface area contributed by atoms with Crippen molar-refractivity contribution < 1.29 is 23.4 Å². The van der Waals surface area contributed by atoms with Crippen molar-refractivity contribution in [1.82, 2.24) is 0 Å². The second-order valence-electron chi connectivity index (χ2n) is 4.42. The summed E-state index contributed by atoms with van der Waals surface area (Å²) in [7, 11) is -3.22. The van der Waals surface area contributed by atoms with E-state index in [4.69, 9.17) is 10.2 Å². The third kappa shape index (κ3) is 2.69. The van der Waals surface area contributed by atoms with Crippen molar-refractivity contribution in [3.05, 3.63) is 0 Å². The number of hydrogen-bond acceptors (Lipinski definition) is 4. The Kier molecular flexibility index (Phi) is 3.40.